The lowest BCUT2D eigenvalue weighted by Crippen LogP contribution is -2.04. The minimum atomic E-state index is -0.0789. The topological polar surface area (TPSA) is 26.3 Å². The summed E-state index contributed by atoms with van der Waals surface area (Å²) in [7, 11) is 0. The molecule has 0 bridgehead atoms. The van der Waals surface area contributed by atoms with Gasteiger partial charge in [0.25, 0.3) is 0 Å². The molecule has 0 aliphatic rings. The van der Waals surface area contributed by atoms with E-state index >= 15 is 0 Å². The SMILES string of the molecule is CCCC/C=C/CC(=O)OCCCCCCCCCCCCC. The molecule has 0 spiro atoms. The predicted molar refractivity (Wildman–Crippen MR) is 101 cm³/mol. The maximum absolute atomic E-state index is 11.5. The van der Waals surface area contributed by atoms with Gasteiger partial charge in [-0.15, -0.1) is 0 Å². The standard InChI is InChI=1S/C21H40O2/c1-3-5-7-9-10-11-12-13-14-16-18-20-23-21(22)19-17-15-8-6-4-2/h15,17H,3-14,16,18-20H2,1-2H3/b17-15+. The highest BCUT2D eigenvalue weighted by Gasteiger charge is 1.99. The van der Waals surface area contributed by atoms with Crippen LogP contribution in [-0.4, -0.2) is 12.6 Å². The largest absolute Gasteiger partial charge is 0.465 e. The molecule has 0 aromatic carbocycles. The first-order chi connectivity index (χ1) is 11.3. The number of esters is 1. The Morgan fingerprint density at radius 1 is 0.696 bits per heavy atom. The summed E-state index contributed by atoms with van der Waals surface area (Å²) < 4.78 is 5.24. The Kier molecular flexibility index (Phi) is 18.6. The molecule has 0 fully saturated rings. The molecule has 2 heteroatoms. The molecule has 136 valence electrons. The highest BCUT2D eigenvalue weighted by molar-refractivity contribution is 5.71. The molecule has 2 nitrogen and oxygen atoms in total. The van der Waals surface area contributed by atoms with Crippen molar-refractivity contribution in [2.24, 2.45) is 0 Å². The molecule has 0 unspecified atom stereocenters. The van der Waals surface area contributed by atoms with Crippen LogP contribution in [0.2, 0.25) is 0 Å². The van der Waals surface area contributed by atoms with Crippen LogP contribution in [0.3, 0.4) is 0 Å². The summed E-state index contributed by atoms with van der Waals surface area (Å²) in [4.78, 5) is 11.5. The molecule has 0 aliphatic heterocycles. The van der Waals surface area contributed by atoms with E-state index in [1.807, 2.05) is 6.08 Å². The van der Waals surface area contributed by atoms with Crippen molar-refractivity contribution in [2.75, 3.05) is 6.61 Å². The lowest BCUT2D eigenvalue weighted by atomic mass is 10.1. The second-order valence-electron chi connectivity index (χ2n) is 6.57. The highest BCUT2D eigenvalue weighted by Crippen LogP contribution is 2.11. The first-order valence-electron chi connectivity index (χ1n) is 10.1. The van der Waals surface area contributed by atoms with E-state index in [9.17, 15) is 4.79 Å². The Labute approximate surface area is 145 Å². The van der Waals surface area contributed by atoms with Gasteiger partial charge in [0, 0.05) is 0 Å². The van der Waals surface area contributed by atoms with Gasteiger partial charge in [-0.3, -0.25) is 4.79 Å². The molecule has 0 saturated heterocycles. The number of carbonyl (C=O) groups is 1. The van der Waals surface area contributed by atoms with Crippen LogP contribution >= 0.6 is 0 Å². The van der Waals surface area contributed by atoms with Gasteiger partial charge >= 0.3 is 5.97 Å². The van der Waals surface area contributed by atoms with Crippen LogP contribution in [0.5, 0.6) is 0 Å². The van der Waals surface area contributed by atoms with E-state index in [4.69, 9.17) is 4.74 Å². The maximum Gasteiger partial charge on any atom is 0.309 e. The van der Waals surface area contributed by atoms with E-state index in [2.05, 4.69) is 19.9 Å². The van der Waals surface area contributed by atoms with E-state index in [0.717, 1.165) is 12.8 Å². The van der Waals surface area contributed by atoms with E-state index in [1.54, 1.807) is 0 Å². The van der Waals surface area contributed by atoms with Crippen molar-refractivity contribution >= 4 is 5.97 Å². The fourth-order valence-corrected chi connectivity index (χ4v) is 2.63. The zero-order valence-electron chi connectivity index (χ0n) is 15.8. The third kappa shape index (κ3) is 19.2. The van der Waals surface area contributed by atoms with Gasteiger partial charge in [0.15, 0.2) is 0 Å². The lowest BCUT2D eigenvalue weighted by Gasteiger charge is -2.04. The zero-order valence-corrected chi connectivity index (χ0v) is 15.8. The van der Waals surface area contributed by atoms with Crippen molar-refractivity contribution in [3.8, 4) is 0 Å². The van der Waals surface area contributed by atoms with Crippen molar-refractivity contribution in [1.82, 2.24) is 0 Å². The number of allylic oxidation sites excluding steroid dienone is 1. The summed E-state index contributed by atoms with van der Waals surface area (Å²) in [5.74, 6) is -0.0789. The minimum Gasteiger partial charge on any atom is -0.465 e. The summed E-state index contributed by atoms with van der Waals surface area (Å²) in [6.07, 6.45) is 22.5. The molecule has 0 heterocycles. The molecular formula is C21H40O2. The Morgan fingerprint density at radius 2 is 1.22 bits per heavy atom. The van der Waals surface area contributed by atoms with Crippen LogP contribution in [0.4, 0.5) is 0 Å². The second kappa shape index (κ2) is 19.3. The third-order valence-corrected chi connectivity index (χ3v) is 4.19. The third-order valence-electron chi connectivity index (χ3n) is 4.19. The average Bonchev–Trinajstić information content (AvgIpc) is 2.55. The van der Waals surface area contributed by atoms with Gasteiger partial charge in [-0.1, -0.05) is 103 Å². The summed E-state index contributed by atoms with van der Waals surface area (Å²) in [5, 5.41) is 0. The van der Waals surface area contributed by atoms with Crippen molar-refractivity contribution in [3.63, 3.8) is 0 Å². The Hall–Kier alpha value is -0.790. The summed E-state index contributed by atoms with van der Waals surface area (Å²) >= 11 is 0. The fraction of sp³-hybridized carbons (Fsp3) is 0.857. The van der Waals surface area contributed by atoms with Gasteiger partial charge in [0.05, 0.1) is 13.0 Å². The first kappa shape index (κ1) is 22.2. The van der Waals surface area contributed by atoms with Gasteiger partial charge in [0.2, 0.25) is 0 Å². The molecule has 0 rings (SSSR count). The van der Waals surface area contributed by atoms with Crippen LogP contribution in [0, 0.1) is 0 Å². The molecule has 0 aliphatic carbocycles. The van der Waals surface area contributed by atoms with Crippen molar-refractivity contribution in [1.29, 1.82) is 0 Å². The molecule has 0 radical (unpaired) electrons. The van der Waals surface area contributed by atoms with Crippen LogP contribution in [0.25, 0.3) is 0 Å². The van der Waals surface area contributed by atoms with Crippen LogP contribution in [0.15, 0.2) is 12.2 Å². The van der Waals surface area contributed by atoms with Crippen LogP contribution in [-0.2, 0) is 9.53 Å². The minimum absolute atomic E-state index is 0.0789. The number of unbranched alkanes of at least 4 members (excludes halogenated alkanes) is 12. The molecule has 23 heavy (non-hydrogen) atoms. The highest BCUT2D eigenvalue weighted by atomic mass is 16.5. The van der Waals surface area contributed by atoms with Crippen molar-refractivity contribution in [3.05, 3.63) is 12.2 Å². The van der Waals surface area contributed by atoms with E-state index in [-0.39, 0.29) is 5.97 Å². The molecule has 0 saturated carbocycles. The summed E-state index contributed by atoms with van der Waals surface area (Å²) in [6, 6.07) is 0. The van der Waals surface area contributed by atoms with Gasteiger partial charge in [0.1, 0.15) is 0 Å². The Bertz CT molecular complexity index is 271. The summed E-state index contributed by atoms with van der Waals surface area (Å²) in [5.41, 5.74) is 0. The number of ether oxygens (including phenoxy) is 1. The smallest absolute Gasteiger partial charge is 0.309 e. The molecule has 0 aromatic heterocycles. The van der Waals surface area contributed by atoms with Gasteiger partial charge in [-0.25, -0.2) is 0 Å². The van der Waals surface area contributed by atoms with Gasteiger partial charge in [-0.05, 0) is 12.8 Å². The summed E-state index contributed by atoms with van der Waals surface area (Å²) in [6.45, 7) is 5.04. The maximum atomic E-state index is 11.5. The van der Waals surface area contributed by atoms with E-state index in [1.165, 1.54) is 77.0 Å². The van der Waals surface area contributed by atoms with E-state index < -0.39 is 0 Å². The van der Waals surface area contributed by atoms with Crippen LogP contribution < -0.4 is 0 Å². The number of hydrogen-bond donors (Lipinski definition) is 0. The first-order valence-corrected chi connectivity index (χ1v) is 10.1. The molecular weight excluding hydrogens is 284 g/mol. The van der Waals surface area contributed by atoms with Gasteiger partial charge < -0.3 is 4.74 Å². The van der Waals surface area contributed by atoms with Crippen molar-refractivity contribution in [2.45, 2.75) is 110 Å². The molecule has 0 N–H and O–H groups in total. The molecule has 0 atom stereocenters. The lowest BCUT2D eigenvalue weighted by molar-refractivity contribution is -0.142. The van der Waals surface area contributed by atoms with Gasteiger partial charge in [-0.2, -0.15) is 0 Å². The number of rotatable bonds is 17. The van der Waals surface area contributed by atoms with E-state index in [0.29, 0.717) is 13.0 Å². The quantitative estimate of drug-likeness (QED) is 0.164. The second-order valence-corrected chi connectivity index (χ2v) is 6.57. The number of hydrogen-bond acceptors (Lipinski definition) is 2. The Morgan fingerprint density at radius 3 is 1.78 bits per heavy atom. The normalized spacial score (nSPS) is 11.2. The fourth-order valence-electron chi connectivity index (χ4n) is 2.63. The van der Waals surface area contributed by atoms with Crippen LogP contribution in [0.1, 0.15) is 110 Å². The van der Waals surface area contributed by atoms with Crippen molar-refractivity contribution < 1.29 is 9.53 Å². The predicted octanol–water partition coefficient (Wildman–Crippen LogP) is 6.98. The Balaban J connectivity index is 3.17. The zero-order chi connectivity index (χ0) is 17.0. The monoisotopic (exact) mass is 324 g/mol. The average molecular weight is 325 g/mol. The molecule has 0 aromatic rings. The molecule has 0 amide bonds. The number of carbonyl (C=O) groups excluding carboxylic acids is 1.